The van der Waals surface area contributed by atoms with Crippen LogP contribution in [0.2, 0.25) is 0 Å². The van der Waals surface area contributed by atoms with Gasteiger partial charge in [-0.1, -0.05) is 13.0 Å². The van der Waals surface area contributed by atoms with E-state index in [0.717, 1.165) is 25.7 Å². The molecule has 2 heterocycles. The van der Waals surface area contributed by atoms with Gasteiger partial charge in [-0.3, -0.25) is 9.59 Å². The van der Waals surface area contributed by atoms with E-state index in [4.69, 9.17) is 9.57 Å². The van der Waals surface area contributed by atoms with E-state index >= 15 is 0 Å². The van der Waals surface area contributed by atoms with Crippen molar-refractivity contribution in [3.8, 4) is 0 Å². The van der Waals surface area contributed by atoms with Crippen LogP contribution >= 0.6 is 11.8 Å². The Morgan fingerprint density at radius 3 is 2.95 bits per heavy atom. The molecule has 7 heteroatoms. The largest absolute Gasteiger partial charge is 0.350 e. The lowest BCUT2D eigenvalue weighted by Crippen LogP contribution is -2.48. The smallest absolute Gasteiger partial charge is 0.267 e. The number of hydrogen-bond donors (Lipinski definition) is 1. The number of nitrogens with one attached hydrogen (secondary N) is 1. The number of hydrogen-bond acceptors (Lipinski definition) is 5. The summed E-state index contributed by atoms with van der Waals surface area (Å²) in [4.78, 5) is 31.5. The van der Waals surface area contributed by atoms with E-state index in [1.165, 1.54) is 0 Å². The van der Waals surface area contributed by atoms with Crippen LogP contribution in [0, 0.1) is 0 Å². The molecule has 2 aliphatic rings. The van der Waals surface area contributed by atoms with Gasteiger partial charge >= 0.3 is 0 Å². The number of thioether (sulfide) groups is 1. The van der Waals surface area contributed by atoms with Crippen molar-refractivity contribution in [2.45, 2.75) is 51.9 Å². The van der Waals surface area contributed by atoms with Crippen LogP contribution in [0.3, 0.4) is 0 Å². The van der Waals surface area contributed by atoms with Crippen molar-refractivity contribution < 1.29 is 19.2 Å². The Morgan fingerprint density at radius 1 is 1.45 bits per heavy atom. The van der Waals surface area contributed by atoms with Crippen molar-refractivity contribution in [2.75, 3.05) is 18.2 Å². The summed E-state index contributed by atoms with van der Waals surface area (Å²) in [6.07, 6.45) is 5.15. The second-order valence-electron chi connectivity index (χ2n) is 5.47. The van der Waals surface area contributed by atoms with Crippen molar-refractivity contribution in [2.24, 2.45) is 0 Å². The van der Waals surface area contributed by atoms with Crippen LogP contribution in [0.1, 0.15) is 39.5 Å². The summed E-state index contributed by atoms with van der Waals surface area (Å²) in [5, 5.41) is 0. The molecule has 0 aromatic carbocycles. The molecule has 2 fully saturated rings. The summed E-state index contributed by atoms with van der Waals surface area (Å²) in [5.41, 5.74) is 3.14. The molecule has 0 spiro atoms. The fourth-order valence-corrected chi connectivity index (χ4v) is 3.63. The molecule has 2 aliphatic heterocycles. The van der Waals surface area contributed by atoms with E-state index in [9.17, 15) is 9.59 Å². The van der Waals surface area contributed by atoms with Crippen molar-refractivity contribution in [3.63, 3.8) is 0 Å². The third-order valence-corrected chi connectivity index (χ3v) is 4.73. The third kappa shape index (κ3) is 4.47. The van der Waals surface area contributed by atoms with Gasteiger partial charge in [0.2, 0.25) is 0 Å². The third-order valence-electron chi connectivity index (χ3n) is 3.72. The Bertz CT molecular complexity index is 435. The van der Waals surface area contributed by atoms with Gasteiger partial charge in [-0.25, -0.2) is 10.3 Å². The predicted octanol–water partition coefficient (Wildman–Crippen LogP) is 1.82. The second-order valence-corrected chi connectivity index (χ2v) is 6.47. The summed E-state index contributed by atoms with van der Waals surface area (Å²) in [5.74, 6) is 0.759. The zero-order chi connectivity index (χ0) is 15.9. The molecule has 0 aromatic rings. The Morgan fingerprint density at radius 2 is 2.27 bits per heavy atom. The minimum atomic E-state index is -0.485. The van der Waals surface area contributed by atoms with Gasteiger partial charge in [0.25, 0.3) is 11.8 Å². The summed E-state index contributed by atoms with van der Waals surface area (Å²) >= 11 is 1.57. The first-order chi connectivity index (χ1) is 10.6. The minimum absolute atomic E-state index is 0.0825. The van der Waals surface area contributed by atoms with Crippen LogP contribution in [0.25, 0.3) is 0 Å². The van der Waals surface area contributed by atoms with E-state index in [2.05, 4.69) is 5.48 Å². The Kier molecular flexibility index (Phi) is 6.72. The van der Waals surface area contributed by atoms with Gasteiger partial charge in [-0.2, -0.15) is 0 Å². The van der Waals surface area contributed by atoms with Crippen LogP contribution in [0.5, 0.6) is 0 Å². The zero-order valence-electron chi connectivity index (χ0n) is 13.2. The van der Waals surface area contributed by atoms with E-state index in [1.54, 1.807) is 23.6 Å². The first-order valence-electron chi connectivity index (χ1n) is 7.76. The van der Waals surface area contributed by atoms with Crippen LogP contribution in [0.4, 0.5) is 0 Å². The molecule has 1 N–H and O–H groups in total. The van der Waals surface area contributed by atoms with E-state index in [1.807, 2.05) is 13.0 Å². The molecule has 2 saturated heterocycles. The number of allylic oxidation sites excluding steroid dienone is 1. The van der Waals surface area contributed by atoms with Crippen molar-refractivity contribution in [3.05, 3.63) is 11.6 Å². The van der Waals surface area contributed by atoms with Gasteiger partial charge in [0, 0.05) is 24.4 Å². The molecule has 22 heavy (non-hydrogen) atoms. The molecule has 2 rings (SSSR count). The lowest BCUT2D eigenvalue weighted by molar-refractivity contribution is -0.202. The number of hydroxylamine groups is 1. The molecule has 0 bridgehead atoms. The number of nitrogens with zero attached hydrogens (tertiary/aromatic N) is 1. The normalized spacial score (nSPS) is 26.1. The second kappa shape index (κ2) is 8.55. The lowest BCUT2D eigenvalue weighted by atomic mass is 10.2. The topological polar surface area (TPSA) is 67.9 Å². The molecule has 6 nitrogen and oxygen atoms in total. The predicted molar refractivity (Wildman–Crippen MR) is 84.8 cm³/mol. The number of amides is 2. The van der Waals surface area contributed by atoms with Gasteiger partial charge < -0.3 is 9.64 Å². The van der Waals surface area contributed by atoms with Gasteiger partial charge in [0.05, 0.1) is 5.88 Å². The number of carbonyl (C=O) groups excluding carboxylic acids is 2. The molecule has 0 aliphatic carbocycles. The molecule has 0 unspecified atom stereocenters. The first-order valence-corrected chi connectivity index (χ1v) is 8.91. The van der Waals surface area contributed by atoms with Crippen LogP contribution in [-0.2, 0) is 19.2 Å². The maximum absolute atomic E-state index is 12.4. The van der Waals surface area contributed by atoms with Gasteiger partial charge in [-0.05, 0) is 26.2 Å². The summed E-state index contributed by atoms with van der Waals surface area (Å²) < 4.78 is 5.40. The zero-order valence-corrected chi connectivity index (χ0v) is 14.0. The molecule has 2 amide bonds. The molecule has 0 saturated carbocycles. The highest BCUT2D eigenvalue weighted by molar-refractivity contribution is 7.99. The van der Waals surface area contributed by atoms with Crippen molar-refractivity contribution in [1.82, 2.24) is 10.4 Å². The summed E-state index contributed by atoms with van der Waals surface area (Å²) in [6.45, 7) is 4.43. The van der Waals surface area contributed by atoms with E-state index in [-0.39, 0.29) is 18.1 Å². The fraction of sp³-hybridized carbons (Fsp3) is 0.733. The number of rotatable bonds is 5. The molecule has 0 aromatic heterocycles. The maximum atomic E-state index is 12.4. The highest BCUT2D eigenvalue weighted by atomic mass is 32.2. The molecular weight excluding hydrogens is 304 g/mol. The van der Waals surface area contributed by atoms with Crippen LogP contribution in [0.15, 0.2) is 11.6 Å². The standard InChI is InChI=1S/C15H24N2O4S/c1-3-6-11(2)15(19)17-10-22-9-12(17)14(18)16-21-13-7-4-5-8-20-13/h6,12-13H,3-5,7-10H2,1-2H3,(H,16,18)/b11-6-/t12-,13+/m1/s1. The lowest BCUT2D eigenvalue weighted by Gasteiger charge is -2.26. The monoisotopic (exact) mass is 328 g/mol. The Labute approximate surface area is 135 Å². The highest BCUT2D eigenvalue weighted by Gasteiger charge is 2.35. The molecule has 2 atom stereocenters. The van der Waals surface area contributed by atoms with Gasteiger partial charge in [0.15, 0.2) is 6.29 Å². The van der Waals surface area contributed by atoms with E-state index < -0.39 is 6.04 Å². The van der Waals surface area contributed by atoms with Crippen molar-refractivity contribution >= 4 is 23.6 Å². The average molecular weight is 328 g/mol. The SMILES string of the molecule is CC/C=C(/C)C(=O)N1CSC[C@@H]1C(=O)NO[C@H]1CCCCO1. The van der Waals surface area contributed by atoms with Gasteiger partial charge in [-0.15, -0.1) is 11.8 Å². The quantitative estimate of drug-likeness (QED) is 0.616. The molecule has 0 radical (unpaired) electrons. The minimum Gasteiger partial charge on any atom is -0.350 e. The average Bonchev–Trinajstić information content (AvgIpc) is 3.02. The number of ether oxygens (including phenoxy) is 1. The van der Waals surface area contributed by atoms with Crippen LogP contribution in [-0.4, -0.2) is 47.3 Å². The maximum Gasteiger partial charge on any atom is 0.267 e. The highest BCUT2D eigenvalue weighted by Crippen LogP contribution is 2.23. The molecule has 124 valence electrons. The Hall–Kier alpha value is -1.05. The summed E-state index contributed by atoms with van der Waals surface area (Å²) in [7, 11) is 0. The first kappa shape index (κ1) is 17.3. The fourth-order valence-electron chi connectivity index (χ4n) is 2.48. The number of carbonyl (C=O) groups is 2. The van der Waals surface area contributed by atoms with Crippen LogP contribution < -0.4 is 5.48 Å². The van der Waals surface area contributed by atoms with Gasteiger partial charge in [0.1, 0.15) is 6.04 Å². The Balaban J connectivity index is 1.87. The summed E-state index contributed by atoms with van der Waals surface area (Å²) in [6, 6.07) is -0.485. The molecular formula is C15H24N2O4S. The van der Waals surface area contributed by atoms with Crippen molar-refractivity contribution in [1.29, 1.82) is 0 Å². The van der Waals surface area contributed by atoms with E-state index in [0.29, 0.717) is 23.8 Å².